The second-order valence-electron chi connectivity index (χ2n) is 4.25. The number of halogens is 1. The summed E-state index contributed by atoms with van der Waals surface area (Å²) >= 11 is 4.52. The van der Waals surface area contributed by atoms with E-state index in [1.165, 1.54) is 17.4 Å². The Balaban J connectivity index is 1.83. The number of nitriles is 1. The summed E-state index contributed by atoms with van der Waals surface area (Å²) in [5.74, 6) is -0.100. The number of hydrogen-bond donors (Lipinski definition) is 1. The van der Waals surface area contributed by atoms with Crippen molar-refractivity contribution >= 4 is 54.6 Å². The largest absolute Gasteiger partial charge is 0.450 e. The molecular formula is C15H8BrN3O2S. The van der Waals surface area contributed by atoms with E-state index in [1.807, 2.05) is 30.3 Å². The number of para-hydroxylation sites is 1. The van der Waals surface area contributed by atoms with Crippen LogP contribution in [0.3, 0.4) is 0 Å². The minimum Gasteiger partial charge on any atom is -0.450 e. The molecule has 1 N–H and O–H groups in total. The van der Waals surface area contributed by atoms with Crippen molar-refractivity contribution in [2.45, 2.75) is 0 Å². The zero-order valence-electron chi connectivity index (χ0n) is 11.0. The van der Waals surface area contributed by atoms with Gasteiger partial charge in [-0.2, -0.15) is 5.26 Å². The van der Waals surface area contributed by atoms with Crippen LogP contribution in [-0.2, 0) is 4.79 Å². The molecule has 1 amide bonds. The molecule has 0 unspecified atom stereocenters. The van der Waals surface area contributed by atoms with Crippen LogP contribution in [0, 0.1) is 11.3 Å². The molecular weight excluding hydrogens is 366 g/mol. The molecule has 0 bridgehead atoms. The number of thiazole rings is 1. The van der Waals surface area contributed by atoms with E-state index < -0.39 is 5.91 Å². The molecule has 0 fully saturated rings. The van der Waals surface area contributed by atoms with E-state index >= 15 is 0 Å². The number of benzene rings is 1. The molecule has 1 aromatic carbocycles. The molecule has 2 heterocycles. The fraction of sp³-hybridized carbons (Fsp3) is 0. The molecule has 0 spiro atoms. The van der Waals surface area contributed by atoms with Crippen LogP contribution < -0.4 is 5.32 Å². The minimum atomic E-state index is -0.519. The quantitative estimate of drug-likeness (QED) is 0.551. The lowest BCUT2D eigenvalue weighted by Gasteiger charge is -1.98. The van der Waals surface area contributed by atoms with Crippen molar-refractivity contribution in [3.8, 4) is 6.07 Å². The molecule has 5 nitrogen and oxygen atoms in total. The van der Waals surface area contributed by atoms with E-state index in [2.05, 4.69) is 26.2 Å². The molecule has 0 saturated carbocycles. The molecule has 0 atom stereocenters. The highest BCUT2D eigenvalue weighted by atomic mass is 79.9. The second-order valence-corrected chi connectivity index (χ2v) is 6.06. The van der Waals surface area contributed by atoms with Crippen molar-refractivity contribution in [3.63, 3.8) is 0 Å². The first kappa shape index (κ1) is 14.5. The number of fused-ring (bicyclic) bond motifs is 1. The van der Waals surface area contributed by atoms with Crippen LogP contribution in [0.5, 0.6) is 0 Å². The lowest BCUT2D eigenvalue weighted by molar-refractivity contribution is -0.112. The summed E-state index contributed by atoms with van der Waals surface area (Å²) in [6.45, 7) is 0. The van der Waals surface area contributed by atoms with Crippen LogP contribution in [0.25, 0.3) is 16.3 Å². The van der Waals surface area contributed by atoms with Gasteiger partial charge in [0.1, 0.15) is 17.4 Å². The summed E-state index contributed by atoms with van der Waals surface area (Å²) in [6, 6.07) is 12.8. The smallest absolute Gasteiger partial charge is 0.268 e. The average molecular weight is 374 g/mol. The number of aromatic nitrogens is 1. The van der Waals surface area contributed by atoms with Gasteiger partial charge in [0.2, 0.25) is 0 Å². The Morgan fingerprint density at radius 3 is 2.86 bits per heavy atom. The highest BCUT2D eigenvalue weighted by molar-refractivity contribution is 9.10. The number of nitrogens with zero attached hydrogens (tertiary/aromatic N) is 2. The fourth-order valence-electron chi connectivity index (χ4n) is 1.79. The normalized spacial score (nSPS) is 11.4. The van der Waals surface area contributed by atoms with Gasteiger partial charge in [0.05, 0.1) is 10.2 Å². The van der Waals surface area contributed by atoms with Crippen molar-refractivity contribution in [2.75, 3.05) is 5.32 Å². The van der Waals surface area contributed by atoms with Crippen LogP contribution >= 0.6 is 27.3 Å². The second kappa shape index (κ2) is 6.13. The molecule has 2 aromatic heterocycles. The van der Waals surface area contributed by atoms with Crippen LogP contribution in [0.4, 0.5) is 5.13 Å². The van der Waals surface area contributed by atoms with Crippen LogP contribution in [0.15, 0.2) is 51.1 Å². The Morgan fingerprint density at radius 2 is 2.18 bits per heavy atom. The number of amides is 1. The standard InChI is InChI=1S/C15H8BrN3O2S/c16-13-6-5-10(21-13)7-9(8-17)14(20)19-15-18-11-3-1-2-4-12(11)22-15/h1-7H,(H,18,19,20)/b9-7+. The molecule has 7 heteroatoms. The molecule has 0 radical (unpaired) electrons. The topological polar surface area (TPSA) is 78.9 Å². The number of nitrogens with one attached hydrogen (secondary N) is 1. The van der Waals surface area contributed by atoms with Gasteiger partial charge in [-0.15, -0.1) is 0 Å². The number of furan rings is 1. The molecule has 0 aliphatic rings. The van der Waals surface area contributed by atoms with Gasteiger partial charge in [0.25, 0.3) is 5.91 Å². The van der Waals surface area contributed by atoms with Crippen molar-refractivity contribution in [2.24, 2.45) is 0 Å². The first-order valence-electron chi connectivity index (χ1n) is 6.20. The Kier molecular flexibility index (Phi) is 4.04. The molecule has 3 rings (SSSR count). The van der Waals surface area contributed by atoms with Gasteiger partial charge < -0.3 is 4.42 Å². The molecule has 0 saturated heterocycles. The maximum absolute atomic E-state index is 12.1. The van der Waals surface area contributed by atoms with E-state index in [0.717, 1.165) is 10.2 Å². The lowest BCUT2D eigenvalue weighted by atomic mass is 10.2. The van der Waals surface area contributed by atoms with Crippen LogP contribution in [-0.4, -0.2) is 10.9 Å². The number of rotatable bonds is 3. The Labute approximate surface area is 138 Å². The Morgan fingerprint density at radius 1 is 1.36 bits per heavy atom. The highest BCUT2D eigenvalue weighted by Gasteiger charge is 2.13. The summed E-state index contributed by atoms with van der Waals surface area (Å²) in [5, 5.41) is 12.2. The molecule has 22 heavy (non-hydrogen) atoms. The van der Waals surface area contributed by atoms with E-state index in [4.69, 9.17) is 9.68 Å². The van der Waals surface area contributed by atoms with Crippen LogP contribution in [0.2, 0.25) is 0 Å². The third-order valence-corrected chi connectivity index (χ3v) is 4.14. The van der Waals surface area contributed by atoms with Gasteiger partial charge in [-0.3, -0.25) is 10.1 Å². The predicted octanol–water partition coefficient (Wildman–Crippen LogP) is 4.20. The van der Waals surface area contributed by atoms with E-state index in [1.54, 1.807) is 12.1 Å². The summed E-state index contributed by atoms with van der Waals surface area (Å²) in [7, 11) is 0. The van der Waals surface area contributed by atoms with Gasteiger partial charge in [0.15, 0.2) is 9.80 Å². The third-order valence-electron chi connectivity index (χ3n) is 2.76. The van der Waals surface area contributed by atoms with Crippen molar-refractivity contribution in [1.29, 1.82) is 5.26 Å². The van der Waals surface area contributed by atoms with Gasteiger partial charge >= 0.3 is 0 Å². The molecule has 0 aliphatic heterocycles. The van der Waals surface area contributed by atoms with Crippen molar-refractivity contribution in [1.82, 2.24) is 4.98 Å². The predicted molar refractivity (Wildman–Crippen MR) is 88.2 cm³/mol. The maximum atomic E-state index is 12.1. The summed E-state index contributed by atoms with van der Waals surface area (Å²) in [6.07, 6.45) is 1.38. The van der Waals surface area contributed by atoms with Gasteiger partial charge in [0, 0.05) is 6.08 Å². The summed E-state index contributed by atoms with van der Waals surface area (Å²) in [5.41, 5.74) is 0.751. The van der Waals surface area contributed by atoms with E-state index in [9.17, 15) is 4.79 Å². The molecule has 3 aromatic rings. The zero-order valence-corrected chi connectivity index (χ0v) is 13.4. The minimum absolute atomic E-state index is 0.0545. The molecule has 0 aliphatic carbocycles. The summed E-state index contributed by atoms with van der Waals surface area (Å²) < 4.78 is 6.76. The van der Waals surface area contributed by atoms with Gasteiger partial charge in [-0.25, -0.2) is 4.98 Å². The maximum Gasteiger partial charge on any atom is 0.268 e. The Bertz CT molecular complexity index is 887. The number of hydrogen-bond acceptors (Lipinski definition) is 5. The average Bonchev–Trinajstić information content (AvgIpc) is 3.09. The monoisotopic (exact) mass is 373 g/mol. The van der Waals surface area contributed by atoms with E-state index in [0.29, 0.717) is 15.6 Å². The van der Waals surface area contributed by atoms with Crippen molar-refractivity contribution in [3.05, 3.63) is 52.4 Å². The fourth-order valence-corrected chi connectivity index (χ4v) is 2.97. The first-order valence-corrected chi connectivity index (χ1v) is 7.81. The van der Waals surface area contributed by atoms with E-state index in [-0.39, 0.29) is 5.57 Å². The third kappa shape index (κ3) is 3.08. The molecule has 108 valence electrons. The summed E-state index contributed by atoms with van der Waals surface area (Å²) in [4.78, 5) is 16.4. The SMILES string of the molecule is N#C/C(=C\c1ccc(Br)o1)C(=O)Nc1nc2ccccc2s1. The number of carbonyl (C=O) groups excluding carboxylic acids is 1. The Hall–Kier alpha value is -2.43. The zero-order chi connectivity index (χ0) is 15.5. The van der Waals surface area contributed by atoms with Crippen LogP contribution in [0.1, 0.15) is 5.76 Å². The van der Waals surface area contributed by atoms with Crippen molar-refractivity contribution < 1.29 is 9.21 Å². The number of carbonyl (C=O) groups is 1. The van der Waals surface area contributed by atoms with Gasteiger partial charge in [-0.1, -0.05) is 23.5 Å². The number of anilines is 1. The highest BCUT2D eigenvalue weighted by Crippen LogP contribution is 2.26. The first-order chi connectivity index (χ1) is 10.7. The lowest BCUT2D eigenvalue weighted by Crippen LogP contribution is -2.13. The van der Waals surface area contributed by atoms with Gasteiger partial charge in [-0.05, 0) is 40.2 Å².